The molecule has 0 unspecified atom stereocenters. The molecule has 1 aromatic heterocycles. The molecule has 1 aliphatic heterocycles. The molecule has 4 rings (SSSR count). The van der Waals surface area contributed by atoms with Gasteiger partial charge in [0, 0.05) is 38.3 Å². The first-order valence-corrected chi connectivity index (χ1v) is 11.7. The predicted octanol–water partition coefficient (Wildman–Crippen LogP) is 3.92. The van der Waals surface area contributed by atoms with Crippen molar-refractivity contribution < 1.29 is 14.5 Å². The van der Waals surface area contributed by atoms with Crippen molar-refractivity contribution in [2.75, 3.05) is 38.6 Å². The maximum Gasteiger partial charge on any atom is 0.271 e. The zero-order chi connectivity index (χ0) is 23.5. The number of hydrogen-bond acceptors (Lipinski definition) is 8. The van der Waals surface area contributed by atoms with E-state index in [2.05, 4.69) is 28.1 Å². The number of piperazine rings is 1. The van der Waals surface area contributed by atoms with E-state index in [4.69, 9.17) is 9.72 Å². The lowest BCUT2D eigenvalue weighted by Crippen LogP contribution is -2.53. The summed E-state index contributed by atoms with van der Waals surface area (Å²) in [4.78, 5) is 32.8. The van der Waals surface area contributed by atoms with E-state index in [1.54, 1.807) is 11.3 Å². The van der Waals surface area contributed by atoms with Crippen molar-refractivity contribution in [2.45, 2.75) is 25.9 Å². The van der Waals surface area contributed by atoms with Crippen molar-refractivity contribution in [3.05, 3.63) is 57.6 Å². The Morgan fingerprint density at radius 2 is 1.85 bits per heavy atom. The highest BCUT2D eigenvalue weighted by molar-refractivity contribution is 7.18. The smallest absolute Gasteiger partial charge is 0.271 e. The van der Waals surface area contributed by atoms with E-state index >= 15 is 0 Å². The summed E-state index contributed by atoms with van der Waals surface area (Å²) in [5.74, 6) is 0.164. The zero-order valence-electron chi connectivity index (χ0n) is 18.9. The average molecular weight is 470 g/mol. The van der Waals surface area contributed by atoms with Crippen LogP contribution in [0.25, 0.3) is 10.2 Å². The van der Waals surface area contributed by atoms with Crippen LogP contribution >= 0.6 is 11.3 Å². The first kappa shape index (κ1) is 23.1. The Balaban J connectivity index is 1.37. The number of nitrogens with one attached hydrogen (secondary N) is 1. The van der Waals surface area contributed by atoms with E-state index in [0.717, 1.165) is 36.7 Å². The molecule has 0 bridgehead atoms. The van der Waals surface area contributed by atoms with Crippen molar-refractivity contribution in [1.82, 2.24) is 14.8 Å². The molecule has 2 aromatic carbocycles. The van der Waals surface area contributed by atoms with Crippen LogP contribution in [0.5, 0.6) is 5.75 Å². The topological polar surface area (TPSA) is 101 Å². The summed E-state index contributed by atoms with van der Waals surface area (Å²) in [6.07, 6.45) is 0. The molecule has 2 heterocycles. The molecule has 0 radical (unpaired) electrons. The van der Waals surface area contributed by atoms with Gasteiger partial charge >= 0.3 is 0 Å². The van der Waals surface area contributed by atoms with Crippen LogP contribution in [0.3, 0.4) is 0 Å². The summed E-state index contributed by atoms with van der Waals surface area (Å²) in [5.41, 5.74) is 1.23. The highest BCUT2D eigenvalue weighted by Crippen LogP contribution is 2.31. The normalized spacial score (nSPS) is 16.9. The SMILES string of the molecule is COc1ccc([N+](=O)[O-])cc1NC(=O)[C@H](C)N1CCN([C@@H](C)c2nc3ccccc3s2)CC1. The van der Waals surface area contributed by atoms with Crippen molar-refractivity contribution in [1.29, 1.82) is 0 Å². The quantitative estimate of drug-likeness (QED) is 0.413. The fourth-order valence-electron chi connectivity index (χ4n) is 4.05. The molecule has 9 nitrogen and oxygen atoms in total. The number of nitrogens with zero attached hydrogens (tertiary/aromatic N) is 4. The van der Waals surface area contributed by atoms with Crippen LogP contribution in [0.2, 0.25) is 0 Å². The Kier molecular flexibility index (Phi) is 6.87. The second-order valence-corrected chi connectivity index (χ2v) is 9.14. The number of rotatable bonds is 7. The summed E-state index contributed by atoms with van der Waals surface area (Å²) in [6.45, 7) is 7.18. The third-order valence-corrected chi connectivity index (χ3v) is 7.35. The second-order valence-electron chi connectivity index (χ2n) is 8.07. The molecular weight excluding hydrogens is 442 g/mol. The molecule has 1 fully saturated rings. The molecule has 0 aliphatic carbocycles. The number of thiazole rings is 1. The Labute approximate surface area is 196 Å². The van der Waals surface area contributed by atoms with Gasteiger partial charge in [-0.3, -0.25) is 24.7 Å². The van der Waals surface area contributed by atoms with Crippen molar-refractivity contribution in [2.24, 2.45) is 0 Å². The number of amides is 1. The summed E-state index contributed by atoms with van der Waals surface area (Å²) in [6, 6.07) is 12.2. The van der Waals surface area contributed by atoms with Crippen molar-refractivity contribution >= 4 is 38.8 Å². The number of nitro groups is 1. The lowest BCUT2D eigenvalue weighted by atomic mass is 10.1. The number of carbonyl (C=O) groups is 1. The first-order chi connectivity index (χ1) is 15.9. The number of ether oxygens (including phenoxy) is 1. The molecule has 10 heteroatoms. The second kappa shape index (κ2) is 9.82. The minimum absolute atomic E-state index is 0.101. The van der Waals surface area contributed by atoms with Gasteiger partial charge in [-0.2, -0.15) is 0 Å². The molecule has 174 valence electrons. The van der Waals surface area contributed by atoms with Crippen molar-refractivity contribution in [3.8, 4) is 5.75 Å². The predicted molar refractivity (Wildman–Crippen MR) is 129 cm³/mol. The van der Waals surface area contributed by atoms with Gasteiger partial charge in [-0.15, -0.1) is 11.3 Å². The van der Waals surface area contributed by atoms with Crippen LogP contribution in [0.15, 0.2) is 42.5 Å². The maximum absolute atomic E-state index is 12.9. The molecule has 33 heavy (non-hydrogen) atoms. The van der Waals surface area contributed by atoms with Crippen LogP contribution in [0.4, 0.5) is 11.4 Å². The van der Waals surface area contributed by atoms with Gasteiger partial charge in [-0.05, 0) is 32.0 Å². The van der Waals surface area contributed by atoms with Gasteiger partial charge in [0.2, 0.25) is 5.91 Å². The van der Waals surface area contributed by atoms with E-state index < -0.39 is 4.92 Å². The van der Waals surface area contributed by atoms with Gasteiger partial charge in [-0.1, -0.05) is 12.1 Å². The molecule has 1 amide bonds. The first-order valence-electron chi connectivity index (χ1n) is 10.8. The highest BCUT2D eigenvalue weighted by Gasteiger charge is 2.29. The van der Waals surface area contributed by atoms with E-state index in [9.17, 15) is 14.9 Å². The summed E-state index contributed by atoms with van der Waals surface area (Å²) < 4.78 is 6.44. The number of carbonyl (C=O) groups excluding carboxylic acids is 1. The monoisotopic (exact) mass is 469 g/mol. The van der Waals surface area contributed by atoms with Gasteiger partial charge in [0.15, 0.2) is 0 Å². The fourth-order valence-corrected chi connectivity index (χ4v) is 5.10. The van der Waals surface area contributed by atoms with E-state index in [1.165, 1.54) is 30.0 Å². The van der Waals surface area contributed by atoms with Crippen LogP contribution < -0.4 is 10.1 Å². The summed E-state index contributed by atoms with van der Waals surface area (Å²) in [7, 11) is 1.46. The maximum atomic E-state index is 12.9. The molecular formula is C23H27N5O4S. The van der Waals surface area contributed by atoms with Gasteiger partial charge in [0.25, 0.3) is 5.69 Å². The number of hydrogen-bond donors (Lipinski definition) is 1. The highest BCUT2D eigenvalue weighted by atomic mass is 32.1. The molecule has 0 saturated carbocycles. The number of methoxy groups -OCH3 is 1. The largest absolute Gasteiger partial charge is 0.495 e. The van der Waals surface area contributed by atoms with E-state index in [1.807, 2.05) is 25.1 Å². The lowest BCUT2D eigenvalue weighted by Gasteiger charge is -2.39. The number of benzene rings is 2. The van der Waals surface area contributed by atoms with Crippen LogP contribution in [0, 0.1) is 10.1 Å². The number of para-hydroxylation sites is 1. The van der Waals surface area contributed by atoms with Gasteiger partial charge < -0.3 is 10.1 Å². The molecule has 1 aliphatic rings. The average Bonchev–Trinajstić information content (AvgIpc) is 3.27. The van der Waals surface area contributed by atoms with Crippen LogP contribution in [-0.2, 0) is 4.79 Å². The van der Waals surface area contributed by atoms with Gasteiger partial charge in [-0.25, -0.2) is 4.98 Å². The third-order valence-electron chi connectivity index (χ3n) is 6.14. The van der Waals surface area contributed by atoms with Crippen molar-refractivity contribution in [3.63, 3.8) is 0 Å². The minimum atomic E-state index is -0.496. The zero-order valence-corrected chi connectivity index (χ0v) is 19.7. The number of nitro benzene ring substituents is 1. The van der Waals surface area contributed by atoms with E-state index in [0.29, 0.717) is 11.4 Å². The Bertz CT molecular complexity index is 1130. The third kappa shape index (κ3) is 4.97. The number of aromatic nitrogens is 1. The Morgan fingerprint density at radius 3 is 2.52 bits per heavy atom. The van der Waals surface area contributed by atoms with Gasteiger partial charge in [0.1, 0.15) is 10.8 Å². The van der Waals surface area contributed by atoms with E-state index in [-0.39, 0.29) is 23.7 Å². The summed E-state index contributed by atoms with van der Waals surface area (Å²) in [5, 5.41) is 15.0. The minimum Gasteiger partial charge on any atom is -0.495 e. The molecule has 1 N–H and O–H groups in total. The van der Waals surface area contributed by atoms with Crippen LogP contribution in [-0.4, -0.2) is 64.9 Å². The fraction of sp³-hybridized carbons (Fsp3) is 0.391. The number of non-ortho nitro benzene ring substituents is 1. The van der Waals surface area contributed by atoms with Crippen LogP contribution in [0.1, 0.15) is 24.9 Å². The molecule has 3 aromatic rings. The number of anilines is 1. The Morgan fingerprint density at radius 1 is 1.15 bits per heavy atom. The molecule has 1 saturated heterocycles. The standard InChI is InChI=1S/C23H27N5O4S/c1-15(22(29)24-19-14-17(28(30)31)8-9-20(19)32-3)26-10-12-27(13-11-26)16(2)23-25-18-6-4-5-7-21(18)33-23/h4-9,14-16H,10-13H2,1-3H3,(H,24,29)/t15-,16-/m0/s1. The van der Waals surface area contributed by atoms with Gasteiger partial charge in [0.05, 0.1) is 40.0 Å². The molecule has 2 atom stereocenters. The number of fused-ring (bicyclic) bond motifs is 1. The molecule has 0 spiro atoms. The Hall–Kier alpha value is -3.08. The summed E-state index contributed by atoms with van der Waals surface area (Å²) >= 11 is 1.73. The lowest BCUT2D eigenvalue weighted by molar-refractivity contribution is -0.384.